The summed E-state index contributed by atoms with van der Waals surface area (Å²) in [4.78, 5) is 0. The second kappa shape index (κ2) is 5.36. The van der Waals surface area contributed by atoms with Crippen LogP contribution in [0.15, 0.2) is 48.5 Å². The summed E-state index contributed by atoms with van der Waals surface area (Å²) < 4.78 is 83.0. The molecule has 1 unspecified atom stereocenters. The molecule has 2 aromatic rings. The van der Waals surface area contributed by atoms with Gasteiger partial charge in [-0.25, -0.2) is 4.39 Å². The monoisotopic (exact) mass is 336 g/mol. The predicted molar refractivity (Wildman–Crippen MR) is 68.9 cm³/mol. The van der Waals surface area contributed by atoms with Crippen LogP contribution in [0.5, 0.6) is 11.5 Å². The summed E-state index contributed by atoms with van der Waals surface area (Å²) in [5.74, 6) is -5.91. The summed E-state index contributed by atoms with van der Waals surface area (Å²) in [5, 5.41) is 18.1. The fourth-order valence-electron chi connectivity index (χ4n) is 2.08. The van der Waals surface area contributed by atoms with Crippen LogP contribution in [0.2, 0.25) is 0 Å². The number of aromatic hydroxyl groups is 2. The fraction of sp³-hybridized carbons (Fsp3) is 0.200. The average molecular weight is 336 g/mol. The number of phenolic OH excluding ortho intramolecular Hbond substituents is 2. The highest BCUT2D eigenvalue weighted by Gasteiger charge is 2.72. The van der Waals surface area contributed by atoms with Gasteiger partial charge < -0.3 is 10.2 Å². The van der Waals surface area contributed by atoms with Crippen LogP contribution in [-0.4, -0.2) is 16.4 Å². The van der Waals surface area contributed by atoms with Crippen molar-refractivity contribution in [2.45, 2.75) is 17.8 Å². The first-order valence-corrected chi connectivity index (χ1v) is 6.22. The van der Waals surface area contributed by atoms with Gasteiger partial charge in [-0.1, -0.05) is 12.1 Å². The van der Waals surface area contributed by atoms with Crippen molar-refractivity contribution in [1.29, 1.82) is 0 Å². The fourth-order valence-corrected chi connectivity index (χ4v) is 2.08. The molecule has 0 saturated heterocycles. The zero-order valence-corrected chi connectivity index (χ0v) is 11.3. The molecule has 2 nitrogen and oxygen atoms in total. The Morgan fingerprint density at radius 1 is 0.565 bits per heavy atom. The smallest absolute Gasteiger partial charge is 0.433 e. The Morgan fingerprint density at radius 3 is 1.26 bits per heavy atom. The molecule has 124 valence electrons. The lowest BCUT2D eigenvalue weighted by Crippen LogP contribution is -2.51. The van der Waals surface area contributed by atoms with E-state index < -0.39 is 40.4 Å². The molecule has 0 heterocycles. The minimum absolute atomic E-state index is 0.442. The summed E-state index contributed by atoms with van der Waals surface area (Å²) in [6.07, 6.45) is -5.93. The maximum absolute atomic E-state index is 14.7. The first kappa shape index (κ1) is 17.0. The number of alkyl halides is 6. The molecule has 0 aromatic heterocycles. The Labute approximate surface area is 126 Å². The van der Waals surface area contributed by atoms with E-state index in [2.05, 4.69) is 0 Å². The van der Waals surface area contributed by atoms with Crippen molar-refractivity contribution in [3.05, 3.63) is 59.7 Å². The molecule has 0 fully saturated rings. The summed E-state index contributed by atoms with van der Waals surface area (Å²) in [6, 6.07) is 4.73. The third-order valence-electron chi connectivity index (χ3n) is 3.32. The quantitative estimate of drug-likeness (QED) is 0.803. The lowest BCUT2D eigenvalue weighted by molar-refractivity contribution is -0.314. The van der Waals surface area contributed by atoms with Crippen LogP contribution >= 0.6 is 0 Å². The van der Waals surface area contributed by atoms with Crippen molar-refractivity contribution in [3.8, 4) is 11.5 Å². The van der Waals surface area contributed by atoms with Crippen LogP contribution in [-0.2, 0) is 11.6 Å². The Kier molecular flexibility index (Phi) is 3.96. The molecule has 2 aromatic carbocycles. The minimum atomic E-state index is -5.93. The highest BCUT2D eigenvalue weighted by molar-refractivity contribution is 5.38. The van der Waals surface area contributed by atoms with Crippen LogP contribution in [0.25, 0.3) is 0 Å². The molecule has 2 N–H and O–H groups in total. The van der Waals surface area contributed by atoms with Gasteiger partial charge in [0.25, 0.3) is 5.67 Å². The van der Waals surface area contributed by atoms with Gasteiger partial charge in [0.15, 0.2) is 0 Å². The molecular weight excluding hydrogens is 326 g/mol. The van der Waals surface area contributed by atoms with Crippen molar-refractivity contribution in [2.24, 2.45) is 0 Å². The van der Waals surface area contributed by atoms with Gasteiger partial charge in [0.05, 0.1) is 0 Å². The molecule has 0 aliphatic carbocycles. The molecule has 0 spiro atoms. The van der Waals surface area contributed by atoms with Crippen molar-refractivity contribution < 1.29 is 36.6 Å². The SMILES string of the molecule is Oc1ccc(C(F)(F)C(F)(c2ccc(O)cc2)C(F)(F)F)cc1. The van der Waals surface area contributed by atoms with E-state index >= 15 is 0 Å². The van der Waals surface area contributed by atoms with Crippen LogP contribution in [0.3, 0.4) is 0 Å². The van der Waals surface area contributed by atoms with Gasteiger partial charge in [-0.15, -0.1) is 0 Å². The third-order valence-corrected chi connectivity index (χ3v) is 3.32. The highest BCUT2D eigenvalue weighted by atomic mass is 19.4. The van der Waals surface area contributed by atoms with Gasteiger partial charge >= 0.3 is 12.1 Å². The normalized spacial score (nSPS) is 15.2. The van der Waals surface area contributed by atoms with E-state index in [1.54, 1.807) is 0 Å². The zero-order valence-electron chi connectivity index (χ0n) is 11.3. The lowest BCUT2D eigenvalue weighted by Gasteiger charge is -2.35. The molecule has 0 bridgehead atoms. The number of hydrogen-bond acceptors (Lipinski definition) is 2. The molecule has 8 heteroatoms. The lowest BCUT2D eigenvalue weighted by atomic mass is 9.84. The third kappa shape index (κ3) is 2.69. The number of hydrogen-bond donors (Lipinski definition) is 2. The van der Waals surface area contributed by atoms with Crippen molar-refractivity contribution in [2.75, 3.05) is 0 Å². The van der Waals surface area contributed by atoms with Crippen molar-refractivity contribution in [3.63, 3.8) is 0 Å². The highest BCUT2D eigenvalue weighted by Crippen LogP contribution is 2.57. The second-order valence-electron chi connectivity index (χ2n) is 4.82. The Morgan fingerprint density at radius 2 is 0.913 bits per heavy atom. The van der Waals surface area contributed by atoms with Crippen molar-refractivity contribution in [1.82, 2.24) is 0 Å². The van der Waals surface area contributed by atoms with Crippen LogP contribution in [0, 0.1) is 0 Å². The molecule has 1 atom stereocenters. The van der Waals surface area contributed by atoms with Gasteiger partial charge in [0, 0.05) is 11.1 Å². The maximum atomic E-state index is 14.7. The first-order valence-electron chi connectivity index (χ1n) is 6.22. The van der Waals surface area contributed by atoms with Gasteiger partial charge in [-0.2, -0.15) is 22.0 Å². The summed E-state index contributed by atoms with van der Waals surface area (Å²) in [7, 11) is 0. The average Bonchev–Trinajstić information content (AvgIpc) is 2.46. The van der Waals surface area contributed by atoms with Crippen LogP contribution in [0.1, 0.15) is 11.1 Å². The molecule has 23 heavy (non-hydrogen) atoms. The van der Waals surface area contributed by atoms with Gasteiger partial charge in [0.1, 0.15) is 11.5 Å². The first-order chi connectivity index (χ1) is 10.5. The Balaban J connectivity index is 2.66. The predicted octanol–water partition coefficient (Wildman–Crippen LogP) is 4.62. The zero-order chi connectivity index (χ0) is 17.5. The largest absolute Gasteiger partial charge is 0.508 e. The molecular formula is C15H10F6O2. The summed E-state index contributed by atoms with van der Waals surface area (Å²) >= 11 is 0. The maximum Gasteiger partial charge on any atom is 0.433 e. The summed E-state index contributed by atoms with van der Waals surface area (Å²) in [5.41, 5.74) is -7.60. The van der Waals surface area contributed by atoms with E-state index in [0.717, 1.165) is 12.1 Å². The molecule has 2 rings (SSSR count). The van der Waals surface area contributed by atoms with Gasteiger partial charge in [-0.3, -0.25) is 0 Å². The topological polar surface area (TPSA) is 40.5 Å². The molecule has 0 aliphatic heterocycles. The standard InChI is InChI=1S/C15H10F6O2/c16-13(15(19,20)21,9-1-5-11(22)6-2-9)14(17,18)10-3-7-12(23)8-4-10/h1-8,22-23H. The molecule has 0 amide bonds. The number of rotatable bonds is 3. The van der Waals surface area contributed by atoms with E-state index in [1.807, 2.05) is 0 Å². The molecule has 0 radical (unpaired) electrons. The summed E-state index contributed by atoms with van der Waals surface area (Å²) in [6.45, 7) is 0. The van der Waals surface area contributed by atoms with Gasteiger partial charge in [0.2, 0.25) is 0 Å². The van der Waals surface area contributed by atoms with E-state index in [0.29, 0.717) is 36.4 Å². The Hall–Kier alpha value is -2.38. The number of phenols is 2. The molecule has 0 aliphatic rings. The van der Waals surface area contributed by atoms with E-state index in [-0.39, 0.29) is 0 Å². The second-order valence-corrected chi connectivity index (χ2v) is 4.82. The van der Waals surface area contributed by atoms with Gasteiger partial charge in [-0.05, 0) is 36.4 Å². The Bertz CT molecular complexity index is 679. The molecule has 0 saturated carbocycles. The van der Waals surface area contributed by atoms with Crippen LogP contribution in [0.4, 0.5) is 26.3 Å². The van der Waals surface area contributed by atoms with E-state index in [1.165, 1.54) is 0 Å². The number of halogens is 6. The van der Waals surface area contributed by atoms with Crippen LogP contribution < -0.4 is 0 Å². The van der Waals surface area contributed by atoms with E-state index in [9.17, 15) is 26.3 Å². The number of benzene rings is 2. The van der Waals surface area contributed by atoms with Crippen molar-refractivity contribution >= 4 is 0 Å². The minimum Gasteiger partial charge on any atom is -0.508 e. The van der Waals surface area contributed by atoms with E-state index in [4.69, 9.17) is 10.2 Å².